The molecule has 2 aromatic rings. The van der Waals surface area contributed by atoms with Crippen molar-refractivity contribution in [1.82, 2.24) is 10.2 Å². The number of para-hydroxylation sites is 1. The van der Waals surface area contributed by atoms with E-state index in [1.807, 2.05) is 30.3 Å². The molecule has 0 saturated carbocycles. The summed E-state index contributed by atoms with van der Waals surface area (Å²) < 4.78 is 20.8. The molecule has 2 fully saturated rings. The van der Waals surface area contributed by atoms with Crippen LogP contribution in [0.15, 0.2) is 42.5 Å². The number of likely N-dealkylation sites (tertiary alicyclic amines) is 1. The molecule has 152 valence electrons. The van der Waals surface area contributed by atoms with Crippen LogP contribution in [0.2, 0.25) is 0 Å². The minimum absolute atomic E-state index is 0.0696. The van der Waals surface area contributed by atoms with Gasteiger partial charge in [-0.2, -0.15) is 0 Å². The number of benzene rings is 2. The number of carbonyl (C=O) groups is 1. The largest absolute Gasteiger partial charge is 0.467 e. The van der Waals surface area contributed by atoms with Crippen LogP contribution in [-0.4, -0.2) is 42.7 Å². The van der Waals surface area contributed by atoms with E-state index in [0.717, 1.165) is 50.3 Å². The number of carbonyl (C=O) groups excluding carboxylic acids is 1. The molecule has 1 amide bonds. The van der Waals surface area contributed by atoms with E-state index in [1.165, 1.54) is 0 Å². The molecule has 0 bridgehead atoms. The fourth-order valence-corrected chi connectivity index (χ4v) is 4.67. The normalized spacial score (nSPS) is 21.0. The molecule has 5 rings (SSSR count). The molecule has 3 aliphatic heterocycles. The van der Waals surface area contributed by atoms with Crippen LogP contribution in [0.5, 0.6) is 5.75 Å². The van der Waals surface area contributed by atoms with Crippen molar-refractivity contribution in [3.05, 3.63) is 59.4 Å². The average Bonchev–Trinajstić information content (AvgIpc) is 3.25. The van der Waals surface area contributed by atoms with E-state index in [2.05, 4.69) is 15.1 Å². The summed E-state index contributed by atoms with van der Waals surface area (Å²) in [4.78, 5) is 16.9. The SMILES string of the molecule is O=C1NC2(CCN(Cc3ccc(N4CCCC4)c(F)c3)CC2)Oc2ccccc21. The Kier molecular flexibility index (Phi) is 4.66. The van der Waals surface area contributed by atoms with Gasteiger partial charge in [0.2, 0.25) is 0 Å². The van der Waals surface area contributed by atoms with Crippen molar-refractivity contribution in [3.63, 3.8) is 0 Å². The van der Waals surface area contributed by atoms with Crippen molar-refractivity contribution < 1.29 is 13.9 Å². The summed E-state index contributed by atoms with van der Waals surface area (Å²) >= 11 is 0. The molecule has 3 heterocycles. The molecule has 1 N–H and O–H groups in total. The van der Waals surface area contributed by atoms with E-state index in [-0.39, 0.29) is 11.7 Å². The quantitative estimate of drug-likeness (QED) is 0.864. The van der Waals surface area contributed by atoms with Gasteiger partial charge in [0, 0.05) is 45.6 Å². The molecule has 0 aliphatic carbocycles. The monoisotopic (exact) mass is 395 g/mol. The number of ether oxygens (including phenoxy) is 1. The number of piperidine rings is 1. The van der Waals surface area contributed by atoms with Gasteiger partial charge in [-0.25, -0.2) is 4.39 Å². The van der Waals surface area contributed by atoms with Crippen LogP contribution < -0.4 is 15.0 Å². The minimum Gasteiger partial charge on any atom is -0.467 e. The number of fused-ring (bicyclic) bond motifs is 1. The summed E-state index contributed by atoms with van der Waals surface area (Å²) in [5, 5.41) is 3.07. The molecule has 0 atom stereocenters. The van der Waals surface area contributed by atoms with E-state index in [9.17, 15) is 9.18 Å². The zero-order valence-corrected chi connectivity index (χ0v) is 16.5. The maximum Gasteiger partial charge on any atom is 0.258 e. The number of halogens is 1. The fourth-order valence-electron chi connectivity index (χ4n) is 4.67. The first kappa shape index (κ1) is 18.4. The van der Waals surface area contributed by atoms with Gasteiger partial charge in [0.1, 0.15) is 11.6 Å². The van der Waals surface area contributed by atoms with Crippen molar-refractivity contribution in [2.45, 2.75) is 38.0 Å². The number of nitrogens with one attached hydrogen (secondary N) is 1. The molecular weight excluding hydrogens is 369 g/mol. The number of rotatable bonds is 3. The Morgan fingerprint density at radius 3 is 2.55 bits per heavy atom. The van der Waals surface area contributed by atoms with Crippen molar-refractivity contribution in [3.8, 4) is 5.75 Å². The lowest BCUT2D eigenvalue weighted by Gasteiger charge is -2.44. The Morgan fingerprint density at radius 2 is 1.79 bits per heavy atom. The van der Waals surface area contributed by atoms with Crippen molar-refractivity contribution in [2.75, 3.05) is 31.1 Å². The highest BCUT2D eigenvalue weighted by molar-refractivity contribution is 5.98. The Balaban J connectivity index is 1.23. The van der Waals surface area contributed by atoms with Crippen LogP contribution in [0.4, 0.5) is 10.1 Å². The lowest BCUT2D eigenvalue weighted by Crippen LogP contribution is -2.60. The van der Waals surface area contributed by atoms with E-state index in [0.29, 0.717) is 30.7 Å². The number of amides is 1. The van der Waals surface area contributed by atoms with Gasteiger partial charge in [0.15, 0.2) is 5.72 Å². The summed E-state index contributed by atoms with van der Waals surface area (Å²) in [5.74, 6) is 0.460. The van der Waals surface area contributed by atoms with Crippen LogP contribution >= 0.6 is 0 Å². The molecule has 2 saturated heterocycles. The van der Waals surface area contributed by atoms with Crippen LogP contribution in [-0.2, 0) is 6.54 Å². The first-order valence-electron chi connectivity index (χ1n) is 10.5. The lowest BCUT2D eigenvalue weighted by molar-refractivity contribution is -0.0304. The molecule has 5 nitrogen and oxygen atoms in total. The Bertz CT molecular complexity index is 918. The van der Waals surface area contributed by atoms with Gasteiger partial charge in [-0.1, -0.05) is 18.2 Å². The molecular formula is C23H26FN3O2. The van der Waals surface area contributed by atoms with Crippen LogP contribution in [0, 0.1) is 5.82 Å². The van der Waals surface area contributed by atoms with E-state index >= 15 is 0 Å². The fraction of sp³-hybridized carbons (Fsp3) is 0.435. The van der Waals surface area contributed by atoms with Gasteiger partial charge in [-0.15, -0.1) is 0 Å². The lowest BCUT2D eigenvalue weighted by atomic mass is 9.96. The third kappa shape index (κ3) is 3.57. The highest BCUT2D eigenvalue weighted by atomic mass is 19.1. The van der Waals surface area contributed by atoms with Gasteiger partial charge < -0.3 is 15.0 Å². The second kappa shape index (κ2) is 7.34. The number of nitrogens with zero attached hydrogens (tertiary/aromatic N) is 2. The molecule has 1 spiro atoms. The summed E-state index contributed by atoms with van der Waals surface area (Å²) in [6.45, 7) is 4.17. The third-order valence-electron chi connectivity index (χ3n) is 6.31. The van der Waals surface area contributed by atoms with Crippen molar-refractivity contribution in [2.24, 2.45) is 0 Å². The second-order valence-electron chi connectivity index (χ2n) is 8.30. The van der Waals surface area contributed by atoms with E-state index in [1.54, 1.807) is 12.1 Å². The van der Waals surface area contributed by atoms with Gasteiger partial charge in [-0.3, -0.25) is 9.69 Å². The predicted molar refractivity (Wildman–Crippen MR) is 110 cm³/mol. The maximum atomic E-state index is 14.6. The average molecular weight is 395 g/mol. The first-order chi connectivity index (χ1) is 14.1. The molecule has 29 heavy (non-hydrogen) atoms. The second-order valence-corrected chi connectivity index (χ2v) is 8.30. The zero-order valence-electron chi connectivity index (χ0n) is 16.5. The molecule has 0 aromatic heterocycles. The summed E-state index contributed by atoms with van der Waals surface area (Å²) in [6.07, 6.45) is 3.70. The highest BCUT2D eigenvalue weighted by Gasteiger charge is 2.42. The van der Waals surface area contributed by atoms with E-state index in [4.69, 9.17) is 4.74 Å². The molecule has 2 aromatic carbocycles. The molecule has 0 radical (unpaired) electrons. The number of hydrogen-bond donors (Lipinski definition) is 1. The highest BCUT2D eigenvalue weighted by Crippen LogP contribution is 2.34. The smallest absolute Gasteiger partial charge is 0.258 e. The number of hydrogen-bond acceptors (Lipinski definition) is 4. The van der Waals surface area contributed by atoms with Crippen LogP contribution in [0.25, 0.3) is 0 Å². The summed E-state index contributed by atoms with van der Waals surface area (Å²) in [7, 11) is 0. The van der Waals surface area contributed by atoms with Crippen LogP contribution in [0.1, 0.15) is 41.6 Å². The van der Waals surface area contributed by atoms with Gasteiger partial charge in [-0.05, 0) is 42.7 Å². The first-order valence-corrected chi connectivity index (χ1v) is 10.5. The van der Waals surface area contributed by atoms with Crippen LogP contribution in [0.3, 0.4) is 0 Å². The Morgan fingerprint density at radius 1 is 1.03 bits per heavy atom. The minimum atomic E-state index is -0.632. The Labute approximate surface area is 170 Å². The number of anilines is 1. The van der Waals surface area contributed by atoms with Gasteiger partial charge >= 0.3 is 0 Å². The topological polar surface area (TPSA) is 44.8 Å². The third-order valence-corrected chi connectivity index (χ3v) is 6.31. The zero-order chi connectivity index (χ0) is 19.8. The standard InChI is InChI=1S/C23H26FN3O2/c24-19-15-17(7-8-20(19)27-11-3-4-12-27)16-26-13-9-23(10-14-26)25-22(28)18-5-1-2-6-21(18)29-23/h1-2,5-8,15H,3-4,9-14,16H2,(H,25,28). The van der Waals surface area contributed by atoms with E-state index < -0.39 is 5.72 Å². The summed E-state index contributed by atoms with van der Waals surface area (Å²) in [6, 6.07) is 13.0. The summed E-state index contributed by atoms with van der Waals surface area (Å²) in [5.41, 5.74) is 1.67. The maximum absolute atomic E-state index is 14.6. The molecule has 3 aliphatic rings. The molecule has 6 heteroatoms. The van der Waals surface area contributed by atoms with Crippen molar-refractivity contribution in [1.29, 1.82) is 0 Å². The Hall–Kier alpha value is -2.60. The van der Waals surface area contributed by atoms with Crippen molar-refractivity contribution >= 4 is 11.6 Å². The molecule has 0 unspecified atom stereocenters. The van der Waals surface area contributed by atoms with Gasteiger partial charge in [0.05, 0.1) is 11.3 Å². The predicted octanol–water partition coefficient (Wildman–Crippen LogP) is 3.54. The van der Waals surface area contributed by atoms with Gasteiger partial charge in [0.25, 0.3) is 5.91 Å².